The Bertz CT molecular complexity index is 1210. The van der Waals surface area contributed by atoms with Crippen molar-refractivity contribution >= 4 is 43.0 Å². The summed E-state index contributed by atoms with van der Waals surface area (Å²) in [6.45, 7) is 0. The van der Waals surface area contributed by atoms with Crippen molar-refractivity contribution in [3.8, 4) is 5.75 Å². The summed E-state index contributed by atoms with van der Waals surface area (Å²) < 4.78 is 54.5. The molecular weight excluding hydrogens is 436 g/mol. The average Bonchev–Trinajstić information content (AvgIpc) is 2.65. The molecule has 152 valence electrons. The zero-order chi connectivity index (χ0) is 21.1. The summed E-state index contributed by atoms with van der Waals surface area (Å²) in [7, 11) is -7.74. The molecule has 0 aliphatic rings. The van der Waals surface area contributed by atoms with Gasteiger partial charge in [0.05, 0.1) is 10.6 Å². The van der Waals surface area contributed by atoms with E-state index in [4.69, 9.17) is 11.6 Å². The maximum absolute atomic E-state index is 12.5. The number of halogens is 1. The second-order valence-electron chi connectivity index (χ2n) is 6.13. The molecule has 0 fully saturated rings. The molecule has 0 heterocycles. The topological polar surface area (TPSA) is 113 Å². The van der Waals surface area contributed by atoms with Gasteiger partial charge in [-0.3, -0.25) is 9.44 Å². The van der Waals surface area contributed by atoms with Crippen LogP contribution in [-0.4, -0.2) is 21.9 Å². The molecule has 3 aromatic carbocycles. The highest BCUT2D eigenvalue weighted by atomic mass is 35.5. The Morgan fingerprint density at radius 1 is 0.793 bits per heavy atom. The van der Waals surface area contributed by atoms with Gasteiger partial charge in [0.2, 0.25) is 10.0 Å². The number of hydrogen-bond acceptors (Lipinski definition) is 5. The molecule has 0 atom stereocenters. The Morgan fingerprint density at radius 2 is 1.45 bits per heavy atom. The number of benzene rings is 3. The molecule has 0 aliphatic heterocycles. The maximum atomic E-state index is 12.5. The van der Waals surface area contributed by atoms with Crippen LogP contribution in [0.3, 0.4) is 0 Å². The van der Waals surface area contributed by atoms with Gasteiger partial charge < -0.3 is 5.11 Å². The average molecular weight is 453 g/mol. The third-order valence-corrected chi connectivity index (χ3v) is 6.74. The third-order valence-electron chi connectivity index (χ3n) is 3.85. The lowest BCUT2D eigenvalue weighted by atomic mass is 10.2. The van der Waals surface area contributed by atoms with Crippen molar-refractivity contribution in [1.82, 2.24) is 0 Å². The first-order valence-electron chi connectivity index (χ1n) is 8.30. The Labute approximate surface area is 174 Å². The van der Waals surface area contributed by atoms with E-state index in [0.717, 1.165) is 0 Å². The van der Waals surface area contributed by atoms with E-state index in [0.29, 0.717) is 10.7 Å². The molecular formula is C19H17ClN2O5S2. The van der Waals surface area contributed by atoms with Crippen molar-refractivity contribution in [2.45, 2.75) is 10.6 Å². The first-order valence-corrected chi connectivity index (χ1v) is 11.8. The Hall–Kier alpha value is -2.75. The van der Waals surface area contributed by atoms with Crippen molar-refractivity contribution in [2.75, 3.05) is 9.44 Å². The van der Waals surface area contributed by atoms with E-state index < -0.39 is 25.8 Å². The molecule has 10 heteroatoms. The van der Waals surface area contributed by atoms with Gasteiger partial charge in [-0.15, -0.1) is 0 Å². The number of phenolic OH excluding ortho intramolecular Hbond substituents is 1. The Kier molecular flexibility index (Phi) is 6.02. The summed E-state index contributed by atoms with van der Waals surface area (Å²) in [5, 5.41) is 10.4. The minimum Gasteiger partial charge on any atom is -0.508 e. The maximum Gasteiger partial charge on any atom is 0.261 e. The number of nitrogens with one attached hydrogen (secondary N) is 2. The van der Waals surface area contributed by atoms with E-state index in [-0.39, 0.29) is 21.9 Å². The van der Waals surface area contributed by atoms with E-state index in [1.807, 2.05) is 0 Å². The largest absolute Gasteiger partial charge is 0.508 e. The zero-order valence-corrected chi connectivity index (χ0v) is 17.3. The second-order valence-corrected chi connectivity index (χ2v) is 9.97. The number of sulfonamides is 2. The Morgan fingerprint density at radius 3 is 2.10 bits per heavy atom. The van der Waals surface area contributed by atoms with E-state index in [1.165, 1.54) is 42.5 Å². The van der Waals surface area contributed by atoms with Crippen LogP contribution in [0.4, 0.5) is 11.4 Å². The van der Waals surface area contributed by atoms with Gasteiger partial charge in [0.1, 0.15) is 5.75 Å². The van der Waals surface area contributed by atoms with Gasteiger partial charge in [0.15, 0.2) is 0 Å². The third kappa shape index (κ3) is 5.63. The fraction of sp³-hybridized carbons (Fsp3) is 0.0526. The summed E-state index contributed by atoms with van der Waals surface area (Å²) in [6, 6.07) is 17.7. The fourth-order valence-corrected chi connectivity index (χ4v) is 4.90. The van der Waals surface area contributed by atoms with Crippen LogP contribution in [-0.2, 0) is 25.8 Å². The van der Waals surface area contributed by atoms with Crippen molar-refractivity contribution in [3.05, 3.63) is 83.4 Å². The normalized spacial score (nSPS) is 11.8. The number of aromatic hydroxyl groups is 1. The van der Waals surface area contributed by atoms with Crippen LogP contribution >= 0.6 is 11.6 Å². The number of phenols is 1. The minimum absolute atomic E-state index is 0.00473. The smallest absolute Gasteiger partial charge is 0.261 e. The summed E-state index contributed by atoms with van der Waals surface area (Å²) in [6.07, 6.45) is 0. The van der Waals surface area contributed by atoms with Gasteiger partial charge >= 0.3 is 0 Å². The second kappa shape index (κ2) is 8.32. The van der Waals surface area contributed by atoms with Crippen molar-refractivity contribution in [1.29, 1.82) is 0 Å². The molecule has 7 nitrogen and oxygen atoms in total. The minimum atomic E-state index is -3.91. The molecule has 29 heavy (non-hydrogen) atoms. The molecule has 0 aromatic heterocycles. The molecule has 3 rings (SSSR count). The summed E-state index contributed by atoms with van der Waals surface area (Å²) in [5.74, 6) is -0.803. The predicted octanol–water partition coefficient (Wildman–Crippen LogP) is 3.79. The molecule has 0 amide bonds. The van der Waals surface area contributed by atoms with Crippen LogP contribution in [0.1, 0.15) is 5.56 Å². The van der Waals surface area contributed by atoms with Crippen LogP contribution in [0.15, 0.2) is 77.7 Å². The molecule has 0 unspecified atom stereocenters. The van der Waals surface area contributed by atoms with Gasteiger partial charge in [0.25, 0.3) is 10.0 Å². The van der Waals surface area contributed by atoms with Crippen LogP contribution < -0.4 is 9.44 Å². The zero-order valence-electron chi connectivity index (χ0n) is 14.9. The summed E-state index contributed by atoms with van der Waals surface area (Å²) in [5.41, 5.74) is 0.541. The Balaban J connectivity index is 1.82. The molecule has 0 spiro atoms. The van der Waals surface area contributed by atoms with Crippen molar-refractivity contribution < 1.29 is 21.9 Å². The van der Waals surface area contributed by atoms with Gasteiger partial charge in [-0.1, -0.05) is 29.8 Å². The SMILES string of the molecule is O=S(=O)(Cc1cc(NS(=O)(=O)c2ccc(Cl)cc2)ccc1O)Nc1ccccc1. The van der Waals surface area contributed by atoms with Crippen molar-refractivity contribution in [3.63, 3.8) is 0 Å². The first-order chi connectivity index (χ1) is 13.6. The number of hydrogen-bond donors (Lipinski definition) is 3. The van der Waals surface area contributed by atoms with Gasteiger partial charge in [-0.05, 0) is 54.6 Å². The van der Waals surface area contributed by atoms with Crippen LogP contribution in [0.25, 0.3) is 0 Å². The van der Waals surface area contributed by atoms with Crippen LogP contribution in [0.5, 0.6) is 5.75 Å². The number of rotatable bonds is 7. The van der Waals surface area contributed by atoms with Gasteiger partial charge in [0, 0.05) is 22.0 Å². The lowest BCUT2D eigenvalue weighted by Crippen LogP contribution is -2.16. The molecule has 3 N–H and O–H groups in total. The molecule has 0 radical (unpaired) electrons. The molecule has 0 bridgehead atoms. The van der Waals surface area contributed by atoms with Crippen LogP contribution in [0.2, 0.25) is 5.02 Å². The van der Waals surface area contributed by atoms with Crippen LogP contribution in [0, 0.1) is 0 Å². The number of anilines is 2. The highest BCUT2D eigenvalue weighted by Gasteiger charge is 2.18. The lowest BCUT2D eigenvalue weighted by Gasteiger charge is -2.12. The van der Waals surface area contributed by atoms with E-state index in [9.17, 15) is 21.9 Å². The monoisotopic (exact) mass is 452 g/mol. The number of para-hydroxylation sites is 1. The highest BCUT2D eigenvalue weighted by Crippen LogP contribution is 2.26. The van der Waals surface area contributed by atoms with E-state index >= 15 is 0 Å². The predicted molar refractivity (Wildman–Crippen MR) is 113 cm³/mol. The lowest BCUT2D eigenvalue weighted by molar-refractivity contribution is 0.470. The standard InChI is InChI=1S/C19H17ClN2O5S2/c20-15-6-9-18(10-7-15)29(26,27)22-17-8-11-19(23)14(12-17)13-28(24,25)21-16-4-2-1-3-5-16/h1-12,21-23H,13H2. The van der Waals surface area contributed by atoms with E-state index in [1.54, 1.807) is 30.3 Å². The first kappa shape index (κ1) is 21.0. The van der Waals surface area contributed by atoms with Crippen molar-refractivity contribution in [2.24, 2.45) is 0 Å². The molecule has 0 saturated carbocycles. The summed E-state index contributed by atoms with van der Waals surface area (Å²) in [4.78, 5) is -0.00473. The quantitative estimate of drug-likeness (QED) is 0.472. The molecule has 0 aliphatic carbocycles. The summed E-state index contributed by atoms with van der Waals surface area (Å²) >= 11 is 5.77. The highest BCUT2D eigenvalue weighted by molar-refractivity contribution is 7.92. The van der Waals surface area contributed by atoms with E-state index in [2.05, 4.69) is 9.44 Å². The van der Waals surface area contributed by atoms with Gasteiger partial charge in [-0.25, -0.2) is 16.8 Å². The van der Waals surface area contributed by atoms with Gasteiger partial charge in [-0.2, -0.15) is 0 Å². The molecule has 3 aromatic rings. The molecule has 0 saturated heterocycles. The fourth-order valence-electron chi connectivity index (χ4n) is 2.52.